The van der Waals surface area contributed by atoms with Crippen molar-refractivity contribution in [3.05, 3.63) is 35.7 Å². The van der Waals surface area contributed by atoms with Crippen LogP contribution in [0.4, 0.5) is 5.69 Å². The fraction of sp³-hybridized carbons (Fsp3) is 0.273. The van der Waals surface area contributed by atoms with Gasteiger partial charge in [0.15, 0.2) is 0 Å². The first-order valence-corrected chi connectivity index (χ1v) is 4.80. The number of ether oxygens (including phenoxy) is 1. The monoisotopic (exact) mass is 204 g/mol. The number of rotatable bonds is 2. The third kappa shape index (κ3) is 2.34. The topological polar surface area (TPSA) is 65.2 Å². The Morgan fingerprint density at radius 1 is 1.53 bits per heavy atom. The van der Waals surface area contributed by atoms with E-state index < -0.39 is 0 Å². The van der Waals surface area contributed by atoms with Crippen LogP contribution in [0.25, 0.3) is 0 Å². The fourth-order valence-electron chi connectivity index (χ4n) is 1.53. The molecule has 4 nitrogen and oxygen atoms in total. The van der Waals surface area contributed by atoms with Crippen molar-refractivity contribution in [3.8, 4) is 0 Å². The minimum absolute atomic E-state index is 0.265. The van der Waals surface area contributed by atoms with Crippen LogP contribution in [-0.2, 0) is 16.0 Å². The van der Waals surface area contributed by atoms with E-state index in [-0.39, 0.29) is 5.97 Å². The number of nitrogens with zero attached hydrogens (tertiary/aromatic N) is 1. The normalized spacial score (nSPS) is 15.7. The summed E-state index contributed by atoms with van der Waals surface area (Å²) in [6.45, 7) is 0.463. The summed E-state index contributed by atoms with van der Waals surface area (Å²) in [4.78, 5) is 15.0. The van der Waals surface area contributed by atoms with Gasteiger partial charge >= 0.3 is 5.97 Å². The molecule has 0 spiro atoms. The molecule has 0 aromatic carbocycles. The van der Waals surface area contributed by atoms with E-state index in [1.165, 1.54) is 6.08 Å². The number of hydrogen-bond donors (Lipinski definition) is 1. The molecular weight excluding hydrogens is 192 g/mol. The lowest BCUT2D eigenvalue weighted by Crippen LogP contribution is -2.12. The van der Waals surface area contributed by atoms with Crippen molar-refractivity contribution in [1.29, 1.82) is 0 Å². The van der Waals surface area contributed by atoms with Crippen molar-refractivity contribution in [2.75, 3.05) is 12.3 Å². The smallest absolute Gasteiger partial charge is 0.330 e. The highest BCUT2D eigenvalue weighted by molar-refractivity contribution is 5.83. The highest BCUT2D eigenvalue weighted by atomic mass is 16.5. The molecule has 2 heterocycles. The predicted octanol–water partition coefficient (Wildman–Crippen LogP) is 1.08. The number of cyclic esters (lactones) is 1. The molecule has 0 saturated heterocycles. The lowest BCUT2D eigenvalue weighted by atomic mass is 10.0. The zero-order valence-electron chi connectivity index (χ0n) is 8.27. The minimum atomic E-state index is -0.265. The summed E-state index contributed by atoms with van der Waals surface area (Å²) >= 11 is 0. The van der Waals surface area contributed by atoms with E-state index in [9.17, 15) is 4.79 Å². The number of nitrogen functional groups attached to an aromatic ring is 1. The van der Waals surface area contributed by atoms with E-state index in [1.54, 1.807) is 18.5 Å². The van der Waals surface area contributed by atoms with Gasteiger partial charge in [0.25, 0.3) is 0 Å². The minimum Gasteiger partial charge on any atom is -0.462 e. The van der Waals surface area contributed by atoms with Crippen LogP contribution < -0.4 is 5.73 Å². The average molecular weight is 204 g/mol. The van der Waals surface area contributed by atoms with Crippen LogP contribution in [0.3, 0.4) is 0 Å². The Bertz CT molecular complexity index is 413. The molecule has 1 aliphatic rings. The van der Waals surface area contributed by atoms with Gasteiger partial charge < -0.3 is 10.5 Å². The summed E-state index contributed by atoms with van der Waals surface area (Å²) in [6.07, 6.45) is 6.38. The van der Waals surface area contributed by atoms with E-state index in [4.69, 9.17) is 10.5 Å². The SMILES string of the molecule is Nc1ccncc1CC1=CC(=O)OCC1. The largest absolute Gasteiger partial charge is 0.462 e. The molecule has 78 valence electrons. The van der Waals surface area contributed by atoms with Gasteiger partial charge in [0.1, 0.15) is 0 Å². The summed E-state index contributed by atoms with van der Waals surface area (Å²) in [5.41, 5.74) is 8.51. The number of anilines is 1. The number of carbonyl (C=O) groups excluding carboxylic acids is 1. The molecule has 2 N–H and O–H groups in total. The number of pyridine rings is 1. The molecule has 0 bridgehead atoms. The fourth-order valence-corrected chi connectivity index (χ4v) is 1.53. The van der Waals surface area contributed by atoms with E-state index in [0.717, 1.165) is 17.6 Å². The van der Waals surface area contributed by atoms with Gasteiger partial charge in [-0.05, 0) is 18.1 Å². The Kier molecular flexibility index (Phi) is 2.67. The van der Waals surface area contributed by atoms with Gasteiger partial charge in [0, 0.05) is 30.6 Å². The highest BCUT2D eigenvalue weighted by Gasteiger charge is 2.11. The maximum atomic E-state index is 11.0. The maximum Gasteiger partial charge on any atom is 0.330 e. The van der Waals surface area contributed by atoms with Crippen molar-refractivity contribution < 1.29 is 9.53 Å². The molecule has 0 amide bonds. The van der Waals surface area contributed by atoms with Crippen LogP contribution in [0, 0.1) is 0 Å². The number of nitrogens with two attached hydrogens (primary N) is 1. The number of aromatic nitrogens is 1. The first kappa shape index (κ1) is 9.71. The molecule has 1 aromatic rings. The van der Waals surface area contributed by atoms with Crippen molar-refractivity contribution in [1.82, 2.24) is 4.98 Å². The molecule has 0 unspecified atom stereocenters. The van der Waals surface area contributed by atoms with Crippen LogP contribution in [0.1, 0.15) is 12.0 Å². The molecule has 0 saturated carbocycles. The Labute approximate surface area is 87.8 Å². The number of carbonyl (C=O) groups is 1. The van der Waals surface area contributed by atoms with E-state index in [0.29, 0.717) is 18.7 Å². The Hall–Kier alpha value is -1.84. The van der Waals surface area contributed by atoms with E-state index in [1.807, 2.05) is 0 Å². The van der Waals surface area contributed by atoms with Crippen molar-refractivity contribution in [2.24, 2.45) is 0 Å². The van der Waals surface area contributed by atoms with Crippen LogP contribution in [0.2, 0.25) is 0 Å². The van der Waals surface area contributed by atoms with E-state index >= 15 is 0 Å². The second-order valence-corrected chi connectivity index (χ2v) is 3.47. The standard InChI is InChI=1S/C11H12N2O2/c12-10-1-3-13-7-9(10)5-8-2-4-15-11(14)6-8/h1,3,6-7H,2,4-5H2,(H2,12,13). The Morgan fingerprint density at radius 3 is 3.13 bits per heavy atom. The van der Waals surface area contributed by atoms with Gasteiger partial charge in [-0.2, -0.15) is 0 Å². The summed E-state index contributed by atoms with van der Waals surface area (Å²) in [6, 6.07) is 1.76. The van der Waals surface area contributed by atoms with Crippen molar-refractivity contribution in [2.45, 2.75) is 12.8 Å². The third-order valence-electron chi connectivity index (χ3n) is 2.35. The van der Waals surface area contributed by atoms with Crippen molar-refractivity contribution >= 4 is 11.7 Å². The van der Waals surface area contributed by atoms with Gasteiger partial charge in [-0.25, -0.2) is 4.79 Å². The number of esters is 1. The van der Waals surface area contributed by atoms with Crippen LogP contribution in [0.15, 0.2) is 30.1 Å². The van der Waals surface area contributed by atoms with Crippen LogP contribution >= 0.6 is 0 Å². The lowest BCUT2D eigenvalue weighted by Gasteiger charge is -2.13. The summed E-state index contributed by atoms with van der Waals surface area (Å²) in [5.74, 6) is -0.265. The van der Waals surface area contributed by atoms with Gasteiger partial charge in [-0.3, -0.25) is 4.98 Å². The summed E-state index contributed by atoms with van der Waals surface area (Å²) in [7, 11) is 0. The summed E-state index contributed by atoms with van der Waals surface area (Å²) in [5, 5.41) is 0. The quantitative estimate of drug-likeness (QED) is 0.732. The second kappa shape index (κ2) is 4.13. The molecule has 0 aliphatic carbocycles. The second-order valence-electron chi connectivity index (χ2n) is 3.47. The van der Waals surface area contributed by atoms with Crippen LogP contribution in [0.5, 0.6) is 0 Å². The molecule has 1 aromatic heterocycles. The molecule has 0 fully saturated rings. The molecule has 1 aliphatic heterocycles. The number of hydrogen-bond acceptors (Lipinski definition) is 4. The predicted molar refractivity (Wildman–Crippen MR) is 56.0 cm³/mol. The maximum absolute atomic E-state index is 11.0. The summed E-state index contributed by atoms with van der Waals surface area (Å²) < 4.78 is 4.81. The zero-order chi connectivity index (χ0) is 10.7. The molecule has 4 heteroatoms. The Balaban J connectivity index is 2.15. The molecule has 0 atom stereocenters. The van der Waals surface area contributed by atoms with Crippen LogP contribution in [-0.4, -0.2) is 17.6 Å². The first-order chi connectivity index (χ1) is 7.25. The average Bonchev–Trinajstić information content (AvgIpc) is 2.22. The molecular formula is C11H12N2O2. The van der Waals surface area contributed by atoms with Gasteiger partial charge in [-0.1, -0.05) is 5.57 Å². The highest BCUT2D eigenvalue weighted by Crippen LogP contribution is 2.18. The molecule has 2 rings (SSSR count). The lowest BCUT2D eigenvalue weighted by molar-refractivity contribution is -0.138. The van der Waals surface area contributed by atoms with Crippen molar-refractivity contribution in [3.63, 3.8) is 0 Å². The van der Waals surface area contributed by atoms with Gasteiger partial charge in [0.05, 0.1) is 6.61 Å². The zero-order valence-corrected chi connectivity index (χ0v) is 8.27. The third-order valence-corrected chi connectivity index (χ3v) is 2.35. The Morgan fingerprint density at radius 2 is 2.40 bits per heavy atom. The van der Waals surface area contributed by atoms with Gasteiger partial charge in [-0.15, -0.1) is 0 Å². The van der Waals surface area contributed by atoms with Gasteiger partial charge in [0.2, 0.25) is 0 Å². The molecule has 0 radical (unpaired) electrons. The first-order valence-electron chi connectivity index (χ1n) is 4.80. The molecule has 15 heavy (non-hydrogen) atoms. The van der Waals surface area contributed by atoms with E-state index in [2.05, 4.69) is 4.98 Å².